The monoisotopic (exact) mass is 288 g/mol. The molecular formula is C12H20N2O2S2. The molecule has 1 aliphatic carbocycles. The third kappa shape index (κ3) is 2.61. The first kappa shape index (κ1) is 14.0. The first-order chi connectivity index (χ1) is 8.53. The molecule has 0 amide bonds. The maximum atomic E-state index is 12.4. The van der Waals surface area contributed by atoms with Gasteiger partial charge in [0, 0.05) is 17.0 Å². The van der Waals surface area contributed by atoms with Crippen molar-refractivity contribution < 1.29 is 8.42 Å². The molecule has 1 aromatic heterocycles. The largest absolute Gasteiger partial charge is 0.315 e. The molecule has 2 N–H and O–H groups in total. The molecule has 4 nitrogen and oxygen atoms in total. The van der Waals surface area contributed by atoms with Gasteiger partial charge in [-0.05, 0) is 44.2 Å². The third-order valence-electron chi connectivity index (χ3n) is 3.67. The molecule has 1 fully saturated rings. The predicted octanol–water partition coefficient (Wildman–Crippen LogP) is 2.08. The van der Waals surface area contributed by atoms with Gasteiger partial charge in [-0.2, -0.15) is 0 Å². The maximum absolute atomic E-state index is 12.4. The van der Waals surface area contributed by atoms with Crippen LogP contribution in [-0.2, 0) is 16.6 Å². The zero-order valence-electron chi connectivity index (χ0n) is 10.8. The minimum atomic E-state index is -3.38. The number of hydrogen-bond donors (Lipinski definition) is 2. The highest BCUT2D eigenvalue weighted by atomic mass is 32.2. The molecule has 18 heavy (non-hydrogen) atoms. The summed E-state index contributed by atoms with van der Waals surface area (Å²) in [6.07, 6.45) is 3.88. The van der Waals surface area contributed by atoms with Crippen molar-refractivity contribution in [2.45, 2.75) is 49.6 Å². The molecule has 0 aromatic carbocycles. The second-order valence-electron chi connectivity index (χ2n) is 4.83. The topological polar surface area (TPSA) is 58.2 Å². The highest BCUT2D eigenvalue weighted by Gasteiger charge is 2.39. The Labute approximate surface area is 113 Å². The average Bonchev–Trinajstić information content (AvgIpc) is 2.73. The van der Waals surface area contributed by atoms with Crippen LogP contribution in [-0.4, -0.2) is 21.0 Å². The van der Waals surface area contributed by atoms with Gasteiger partial charge < -0.3 is 5.32 Å². The number of rotatable bonds is 6. The summed E-state index contributed by atoms with van der Waals surface area (Å²) in [4.78, 5) is 1.30. The minimum Gasteiger partial charge on any atom is -0.315 e. The summed E-state index contributed by atoms with van der Waals surface area (Å²) in [6.45, 7) is 2.64. The van der Waals surface area contributed by atoms with Crippen molar-refractivity contribution in [2.24, 2.45) is 0 Å². The fourth-order valence-electron chi connectivity index (χ4n) is 2.33. The second-order valence-corrected chi connectivity index (χ2v) is 7.48. The number of nitrogens with one attached hydrogen (secondary N) is 2. The second kappa shape index (κ2) is 5.28. The Balaban J connectivity index is 2.22. The molecule has 0 aliphatic heterocycles. The van der Waals surface area contributed by atoms with Gasteiger partial charge in [0.1, 0.15) is 0 Å². The average molecular weight is 288 g/mol. The Morgan fingerprint density at radius 3 is 2.67 bits per heavy atom. The number of thiophene rings is 1. The summed E-state index contributed by atoms with van der Waals surface area (Å²) in [5.41, 5.74) is -0.197. The van der Waals surface area contributed by atoms with Gasteiger partial charge in [0.05, 0.1) is 4.90 Å². The standard InChI is InChI=1S/C12H20N2O2S2/c1-3-12(6-4-7-12)14-18(15,16)11-5-8-17-10(11)9-13-2/h5,8,13-14H,3-4,6-7,9H2,1-2H3. The molecule has 0 atom stereocenters. The van der Waals surface area contributed by atoms with Crippen molar-refractivity contribution >= 4 is 21.4 Å². The maximum Gasteiger partial charge on any atom is 0.242 e. The Morgan fingerprint density at radius 1 is 1.44 bits per heavy atom. The van der Waals surface area contributed by atoms with Crippen LogP contribution in [0.25, 0.3) is 0 Å². The normalized spacial score (nSPS) is 18.6. The van der Waals surface area contributed by atoms with E-state index in [0.717, 1.165) is 30.6 Å². The molecule has 102 valence electrons. The Kier molecular flexibility index (Phi) is 4.11. The molecular weight excluding hydrogens is 268 g/mol. The van der Waals surface area contributed by atoms with Crippen LogP contribution >= 0.6 is 11.3 Å². The SMILES string of the molecule is CCC1(NS(=O)(=O)c2ccsc2CNC)CCC1. The smallest absolute Gasteiger partial charge is 0.242 e. The summed E-state index contributed by atoms with van der Waals surface area (Å²) in [6, 6.07) is 1.70. The van der Waals surface area contributed by atoms with Crippen LogP contribution in [0.2, 0.25) is 0 Å². The molecule has 0 saturated heterocycles. The fraction of sp³-hybridized carbons (Fsp3) is 0.667. The van der Waals surface area contributed by atoms with Crippen LogP contribution in [0.4, 0.5) is 0 Å². The first-order valence-electron chi connectivity index (χ1n) is 6.28. The van der Waals surface area contributed by atoms with E-state index < -0.39 is 10.0 Å². The van der Waals surface area contributed by atoms with Crippen molar-refractivity contribution in [1.82, 2.24) is 10.0 Å². The predicted molar refractivity (Wildman–Crippen MR) is 74.3 cm³/mol. The molecule has 1 aromatic rings. The van der Waals surface area contributed by atoms with Crippen LogP contribution in [0.5, 0.6) is 0 Å². The fourth-order valence-corrected chi connectivity index (χ4v) is 5.32. The van der Waals surface area contributed by atoms with Gasteiger partial charge in [-0.1, -0.05) is 6.92 Å². The lowest BCUT2D eigenvalue weighted by atomic mass is 9.76. The van der Waals surface area contributed by atoms with Gasteiger partial charge in [-0.25, -0.2) is 13.1 Å². The van der Waals surface area contributed by atoms with Crippen LogP contribution < -0.4 is 10.0 Å². The molecule has 0 bridgehead atoms. The highest BCUT2D eigenvalue weighted by Crippen LogP contribution is 2.36. The van der Waals surface area contributed by atoms with E-state index in [4.69, 9.17) is 0 Å². The summed E-state index contributed by atoms with van der Waals surface area (Å²) in [5.74, 6) is 0. The van der Waals surface area contributed by atoms with E-state index >= 15 is 0 Å². The molecule has 0 radical (unpaired) electrons. The molecule has 0 unspecified atom stereocenters. The van der Waals surface area contributed by atoms with E-state index in [1.165, 1.54) is 11.3 Å². The van der Waals surface area contributed by atoms with Gasteiger partial charge >= 0.3 is 0 Å². The van der Waals surface area contributed by atoms with Gasteiger partial charge in [0.15, 0.2) is 0 Å². The Bertz CT molecular complexity index is 498. The van der Waals surface area contributed by atoms with Gasteiger partial charge in [0.25, 0.3) is 0 Å². The van der Waals surface area contributed by atoms with Gasteiger partial charge in [-0.15, -0.1) is 11.3 Å². The molecule has 0 spiro atoms. The van der Waals surface area contributed by atoms with Crippen molar-refractivity contribution in [3.05, 3.63) is 16.3 Å². The van der Waals surface area contributed by atoms with Crippen LogP contribution in [0.15, 0.2) is 16.3 Å². The number of hydrogen-bond acceptors (Lipinski definition) is 4. The quantitative estimate of drug-likeness (QED) is 0.842. The van der Waals surface area contributed by atoms with Crippen molar-refractivity contribution in [2.75, 3.05) is 7.05 Å². The summed E-state index contributed by atoms with van der Waals surface area (Å²) in [5, 5.41) is 4.84. The lowest BCUT2D eigenvalue weighted by Gasteiger charge is -2.41. The molecule has 1 aliphatic rings. The summed E-state index contributed by atoms with van der Waals surface area (Å²) in [7, 11) is -1.56. The Hall–Kier alpha value is -0.430. The van der Waals surface area contributed by atoms with Crippen LogP contribution in [0.3, 0.4) is 0 Å². The van der Waals surface area contributed by atoms with E-state index in [1.807, 2.05) is 19.4 Å². The lowest BCUT2D eigenvalue weighted by molar-refractivity contribution is 0.214. The van der Waals surface area contributed by atoms with Gasteiger partial charge in [0.2, 0.25) is 10.0 Å². The molecule has 1 saturated carbocycles. The summed E-state index contributed by atoms with van der Waals surface area (Å²) < 4.78 is 27.8. The highest BCUT2D eigenvalue weighted by molar-refractivity contribution is 7.89. The minimum absolute atomic E-state index is 0.197. The van der Waals surface area contributed by atoms with E-state index in [2.05, 4.69) is 10.0 Å². The van der Waals surface area contributed by atoms with Crippen LogP contribution in [0, 0.1) is 0 Å². The molecule has 1 heterocycles. The first-order valence-corrected chi connectivity index (χ1v) is 8.64. The third-order valence-corrected chi connectivity index (χ3v) is 6.38. The van der Waals surface area contributed by atoms with Crippen molar-refractivity contribution in [3.63, 3.8) is 0 Å². The van der Waals surface area contributed by atoms with E-state index in [1.54, 1.807) is 6.07 Å². The van der Waals surface area contributed by atoms with Gasteiger partial charge in [-0.3, -0.25) is 0 Å². The Morgan fingerprint density at radius 2 is 2.17 bits per heavy atom. The number of sulfonamides is 1. The van der Waals surface area contributed by atoms with Crippen LogP contribution in [0.1, 0.15) is 37.5 Å². The zero-order chi connectivity index (χ0) is 13.2. The zero-order valence-corrected chi connectivity index (χ0v) is 12.5. The van der Waals surface area contributed by atoms with E-state index in [-0.39, 0.29) is 5.54 Å². The molecule has 2 rings (SSSR count). The summed E-state index contributed by atoms with van der Waals surface area (Å²) >= 11 is 1.48. The lowest BCUT2D eigenvalue weighted by Crippen LogP contribution is -2.52. The van der Waals surface area contributed by atoms with E-state index in [9.17, 15) is 8.42 Å². The van der Waals surface area contributed by atoms with Crippen molar-refractivity contribution in [3.8, 4) is 0 Å². The van der Waals surface area contributed by atoms with Crippen molar-refractivity contribution in [1.29, 1.82) is 0 Å². The van der Waals surface area contributed by atoms with E-state index in [0.29, 0.717) is 11.4 Å². The molecule has 6 heteroatoms.